The van der Waals surface area contributed by atoms with Crippen LogP contribution in [0.2, 0.25) is 10.0 Å². The van der Waals surface area contributed by atoms with Crippen LogP contribution in [0.25, 0.3) is 11.1 Å². The summed E-state index contributed by atoms with van der Waals surface area (Å²) >= 11 is 12.0. The zero-order valence-electron chi connectivity index (χ0n) is 14.3. The van der Waals surface area contributed by atoms with Gasteiger partial charge in [-0.1, -0.05) is 41.4 Å². The first-order valence-corrected chi connectivity index (χ1v) is 9.39. The highest BCUT2D eigenvalue weighted by Crippen LogP contribution is 2.29. The van der Waals surface area contributed by atoms with E-state index in [4.69, 9.17) is 23.2 Å². The molecule has 2 aliphatic rings. The molecule has 2 fully saturated rings. The topological polar surface area (TPSA) is 57.7 Å². The summed E-state index contributed by atoms with van der Waals surface area (Å²) in [5.41, 5.74) is 2.41. The summed E-state index contributed by atoms with van der Waals surface area (Å²) in [5, 5.41) is 0.974. The zero-order valence-corrected chi connectivity index (χ0v) is 15.8. The van der Waals surface area contributed by atoms with E-state index in [1.807, 2.05) is 18.2 Å². The standard InChI is InChI=1S/C20H16Cl2N2O3/c21-16-6-5-14(9-17(16)22)12-1-3-13(4-2-12)20(27)23-10-15(11-23)24-18(25)7-8-19(24)26/h1-6,9,15H,7-8,10-11H2. The summed E-state index contributed by atoms with van der Waals surface area (Å²) < 4.78 is 0. The third-order valence-corrected chi connectivity index (χ3v) is 5.73. The number of likely N-dealkylation sites (tertiary alicyclic amines) is 2. The molecule has 0 saturated carbocycles. The molecule has 7 heteroatoms. The second-order valence-electron chi connectivity index (χ2n) is 6.73. The van der Waals surface area contributed by atoms with Crippen molar-refractivity contribution in [2.75, 3.05) is 13.1 Å². The second kappa shape index (κ2) is 6.98. The van der Waals surface area contributed by atoms with E-state index in [0.29, 0.717) is 28.7 Å². The van der Waals surface area contributed by atoms with E-state index in [1.165, 1.54) is 4.90 Å². The van der Waals surface area contributed by atoms with E-state index in [1.54, 1.807) is 29.2 Å². The van der Waals surface area contributed by atoms with Crippen molar-refractivity contribution < 1.29 is 14.4 Å². The Morgan fingerprint density at radius 3 is 2.04 bits per heavy atom. The molecule has 2 saturated heterocycles. The normalized spacial score (nSPS) is 17.4. The average molecular weight is 403 g/mol. The van der Waals surface area contributed by atoms with Crippen LogP contribution in [0.15, 0.2) is 42.5 Å². The van der Waals surface area contributed by atoms with Gasteiger partial charge in [-0.25, -0.2) is 0 Å². The molecule has 2 aliphatic heterocycles. The van der Waals surface area contributed by atoms with E-state index in [-0.39, 0.29) is 36.6 Å². The molecule has 5 nitrogen and oxygen atoms in total. The van der Waals surface area contributed by atoms with Gasteiger partial charge in [-0.2, -0.15) is 0 Å². The maximum Gasteiger partial charge on any atom is 0.253 e. The Balaban J connectivity index is 1.42. The summed E-state index contributed by atoms with van der Waals surface area (Å²) in [5.74, 6) is -0.378. The smallest absolute Gasteiger partial charge is 0.253 e. The van der Waals surface area contributed by atoms with Gasteiger partial charge in [0.1, 0.15) is 0 Å². The maximum atomic E-state index is 12.6. The summed E-state index contributed by atoms with van der Waals surface area (Å²) in [6, 6.07) is 12.4. The SMILES string of the molecule is O=C(c1ccc(-c2ccc(Cl)c(Cl)c2)cc1)N1CC(N2C(=O)CCC2=O)C1. The van der Waals surface area contributed by atoms with Crippen LogP contribution < -0.4 is 0 Å². The highest BCUT2D eigenvalue weighted by atomic mass is 35.5. The Kier molecular flexibility index (Phi) is 4.66. The Morgan fingerprint density at radius 2 is 1.44 bits per heavy atom. The van der Waals surface area contributed by atoms with Crippen molar-refractivity contribution in [1.82, 2.24) is 9.80 Å². The van der Waals surface area contributed by atoms with Crippen LogP contribution >= 0.6 is 23.2 Å². The molecule has 0 spiro atoms. The predicted octanol–water partition coefficient (Wildman–Crippen LogP) is 3.63. The fraction of sp³-hybridized carbons (Fsp3) is 0.250. The molecule has 4 rings (SSSR count). The minimum Gasteiger partial charge on any atom is -0.334 e. The lowest BCUT2D eigenvalue weighted by Crippen LogP contribution is -2.62. The number of carbonyl (C=O) groups is 3. The fourth-order valence-corrected chi connectivity index (χ4v) is 3.75. The third-order valence-electron chi connectivity index (χ3n) is 4.99. The number of halogens is 2. The molecular formula is C20H16Cl2N2O3. The summed E-state index contributed by atoms with van der Waals surface area (Å²) in [4.78, 5) is 39.1. The summed E-state index contributed by atoms with van der Waals surface area (Å²) in [6.07, 6.45) is 0.554. The Morgan fingerprint density at radius 1 is 0.852 bits per heavy atom. The number of rotatable bonds is 3. The van der Waals surface area contributed by atoms with Crippen molar-refractivity contribution in [3.05, 3.63) is 58.1 Å². The van der Waals surface area contributed by atoms with Gasteiger partial charge < -0.3 is 4.90 Å². The zero-order chi connectivity index (χ0) is 19.1. The molecule has 2 aromatic rings. The van der Waals surface area contributed by atoms with Crippen molar-refractivity contribution in [3.8, 4) is 11.1 Å². The van der Waals surface area contributed by atoms with Crippen LogP contribution in [0.4, 0.5) is 0 Å². The van der Waals surface area contributed by atoms with Crippen LogP contribution in [0.3, 0.4) is 0 Å². The number of amides is 3. The number of hydrogen-bond acceptors (Lipinski definition) is 3. The maximum absolute atomic E-state index is 12.6. The van der Waals surface area contributed by atoms with E-state index in [0.717, 1.165) is 11.1 Å². The Hall–Kier alpha value is -2.37. The average Bonchev–Trinajstić information content (AvgIpc) is 2.95. The molecule has 0 bridgehead atoms. The number of nitrogens with zero attached hydrogens (tertiary/aromatic N) is 2. The van der Waals surface area contributed by atoms with Gasteiger partial charge in [0.2, 0.25) is 11.8 Å². The van der Waals surface area contributed by atoms with Crippen molar-refractivity contribution in [3.63, 3.8) is 0 Å². The van der Waals surface area contributed by atoms with Gasteiger partial charge in [0.15, 0.2) is 0 Å². The molecule has 0 unspecified atom stereocenters. The van der Waals surface area contributed by atoms with Gasteiger partial charge in [-0.05, 0) is 35.4 Å². The second-order valence-corrected chi connectivity index (χ2v) is 7.54. The number of imide groups is 1. The lowest BCUT2D eigenvalue weighted by atomic mass is 10.0. The van der Waals surface area contributed by atoms with Crippen molar-refractivity contribution in [2.24, 2.45) is 0 Å². The van der Waals surface area contributed by atoms with Gasteiger partial charge in [-0.15, -0.1) is 0 Å². The number of benzene rings is 2. The van der Waals surface area contributed by atoms with Crippen LogP contribution in [-0.2, 0) is 9.59 Å². The Labute approximate surface area is 166 Å². The summed E-state index contributed by atoms with van der Waals surface area (Å²) in [7, 11) is 0. The van der Waals surface area contributed by atoms with E-state index in [2.05, 4.69) is 0 Å². The molecule has 0 atom stereocenters. The first-order valence-electron chi connectivity index (χ1n) is 8.63. The quantitative estimate of drug-likeness (QED) is 0.736. The monoisotopic (exact) mass is 402 g/mol. The van der Waals surface area contributed by atoms with E-state index >= 15 is 0 Å². The molecule has 138 valence electrons. The molecule has 2 aromatic carbocycles. The van der Waals surface area contributed by atoms with Crippen molar-refractivity contribution in [1.29, 1.82) is 0 Å². The molecule has 0 N–H and O–H groups in total. The minimum atomic E-state index is -0.188. The highest BCUT2D eigenvalue weighted by Gasteiger charge is 2.42. The van der Waals surface area contributed by atoms with Gasteiger partial charge in [0, 0.05) is 31.5 Å². The van der Waals surface area contributed by atoms with Crippen LogP contribution in [0.1, 0.15) is 23.2 Å². The van der Waals surface area contributed by atoms with Crippen LogP contribution in [0, 0.1) is 0 Å². The molecule has 27 heavy (non-hydrogen) atoms. The largest absolute Gasteiger partial charge is 0.334 e. The third kappa shape index (κ3) is 3.33. The molecule has 3 amide bonds. The molecule has 0 aromatic heterocycles. The minimum absolute atomic E-state index is 0.106. The molecule has 2 heterocycles. The van der Waals surface area contributed by atoms with Crippen molar-refractivity contribution >= 4 is 40.9 Å². The van der Waals surface area contributed by atoms with E-state index in [9.17, 15) is 14.4 Å². The molecular weight excluding hydrogens is 387 g/mol. The first kappa shape index (κ1) is 18.0. The Bertz CT molecular complexity index is 921. The van der Waals surface area contributed by atoms with E-state index < -0.39 is 0 Å². The lowest BCUT2D eigenvalue weighted by molar-refractivity contribution is -0.144. The van der Waals surface area contributed by atoms with Gasteiger partial charge in [0.05, 0.1) is 16.1 Å². The summed E-state index contributed by atoms with van der Waals surface area (Å²) in [6.45, 7) is 0.787. The number of carbonyl (C=O) groups excluding carboxylic acids is 3. The number of hydrogen-bond donors (Lipinski definition) is 0. The van der Waals surface area contributed by atoms with Gasteiger partial charge >= 0.3 is 0 Å². The predicted molar refractivity (Wildman–Crippen MR) is 103 cm³/mol. The lowest BCUT2D eigenvalue weighted by Gasteiger charge is -2.43. The molecule has 0 radical (unpaired) electrons. The molecule has 0 aliphatic carbocycles. The fourth-order valence-electron chi connectivity index (χ4n) is 3.45. The van der Waals surface area contributed by atoms with Crippen molar-refractivity contribution in [2.45, 2.75) is 18.9 Å². The highest BCUT2D eigenvalue weighted by molar-refractivity contribution is 6.42. The van der Waals surface area contributed by atoms with Gasteiger partial charge in [0.25, 0.3) is 5.91 Å². The van der Waals surface area contributed by atoms with Crippen LogP contribution in [0.5, 0.6) is 0 Å². The first-order chi connectivity index (χ1) is 12.9. The van der Waals surface area contributed by atoms with Crippen LogP contribution in [-0.4, -0.2) is 46.7 Å². The van der Waals surface area contributed by atoms with Gasteiger partial charge in [-0.3, -0.25) is 19.3 Å².